The van der Waals surface area contributed by atoms with Crippen LogP contribution in [0.5, 0.6) is 0 Å². The fourth-order valence-corrected chi connectivity index (χ4v) is 5.59. The van der Waals surface area contributed by atoms with E-state index in [1.54, 1.807) is 11.8 Å². The molecule has 0 atom stereocenters. The van der Waals surface area contributed by atoms with Crippen molar-refractivity contribution < 1.29 is 14.7 Å². The summed E-state index contributed by atoms with van der Waals surface area (Å²) in [6.07, 6.45) is 23.5. The van der Waals surface area contributed by atoms with Gasteiger partial charge in [-0.25, -0.2) is 0 Å². The Bertz CT molecular complexity index is 669. The molecule has 0 saturated carbocycles. The van der Waals surface area contributed by atoms with Gasteiger partial charge in [-0.1, -0.05) is 95.6 Å². The largest absolute Gasteiger partial charge is 0.481 e. The molecule has 0 fully saturated rings. The van der Waals surface area contributed by atoms with Crippen LogP contribution in [0, 0.1) is 0 Å². The first-order chi connectivity index (χ1) is 17.1. The topological polar surface area (TPSA) is 66.4 Å². The van der Waals surface area contributed by atoms with Gasteiger partial charge in [0.1, 0.15) is 0 Å². The molecule has 0 spiro atoms. The maximum atomic E-state index is 12.3. The van der Waals surface area contributed by atoms with Crippen molar-refractivity contribution in [3.05, 3.63) is 24.3 Å². The normalized spacial score (nSPS) is 11.0. The maximum Gasteiger partial charge on any atom is 0.303 e. The minimum Gasteiger partial charge on any atom is -0.481 e. The molecular weight excluding hydrogens is 474 g/mol. The van der Waals surface area contributed by atoms with Crippen molar-refractivity contribution in [3.8, 4) is 0 Å². The Balaban J connectivity index is 1.95. The second-order valence-corrected chi connectivity index (χ2v) is 11.6. The highest BCUT2D eigenvalue weighted by molar-refractivity contribution is 7.99. The third-order valence-corrected chi connectivity index (χ3v) is 8.06. The SMILES string of the molecule is CSCCCCCCCCCCCCCCCCCC(=O)Nc1ccccc1SCCCC(=O)O. The molecule has 35 heavy (non-hydrogen) atoms. The Morgan fingerprint density at radius 3 is 1.74 bits per heavy atom. The quantitative estimate of drug-likeness (QED) is 0.104. The minimum atomic E-state index is -0.763. The first-order valence-electron chi connectivity index (χ1n) is 13.9. The summed E-state index contributed by atoms with van der Waals surface area (Å²) < 4.78 is 0. The third kappa shape index (κ3) is 19.7. The summed E-state index contributed by atoms with van der Waals surface area (Å²) in [7, 11) is 0. The number of amides is 1. The number of hydrogen-bond acceptors (Lipinski definition) is 4. The molecule has 4 nitrogen and oxygen atoms in total. The van der Waals surface area contributed by atoms with E-state index in [2.05, 4.69) is 11.6 Å². The summed E-state index contributed by atoms with van der Waals surface area (Å²) >= 11 is 3.57. The number of carboxylic acid groups (broad SMARTS) is 1. The van der Waals surface area contributed by atoms with Crippen LogP contribution >= 0.6 is 23.5 Å². The summed E-state index contributed by atoms with van der Waals surface area (Å²) in [5.41, 5.74) is 0.837. The molecule has 1 aromatic carbocycles. The van der Waals surface area contributed by atoms with Crippen LogP contribution in [-0.2, 0) is 9.59 Å². The van der Waals surface area contributed by atoms with Crippen LogP contribution in [0.2, 0.25) is 0 Å². The van der Waals surface area contributed by atoms with Crippen LogP contribution in [0.25, 0.3) is 0 Å². The number of carbonyl (C=O) groups excluding carboxylic acids is 1. The monoisotopic (exact) mass is 523 g/mol. The first-order valence-corrected chi connectivity index (χ1v) is 16.2. The van der Waals surface area contributed by atoms with Crippen LogP contribution in [-0.4, -0.2) is 34.7 Å². The molecule has 2 N–H and O–H groups in total. The minimum absolute atomic E-state index is 0.0727. The zero-order valence-corrected chi connectivity index (χ0v) is 23.7. The van der Waals surface area contributed by atoms with Crippen molar-refractivity contribution in [2.75, 3.05) is 23.1 Å². The van der Waals surface area contributed by atoms with Crippen molar-refractivity contribution >= 4 is 41.1 Å². The van der Waals surface area contributed by atoms with Gasteiger partial charge in [-0.05, 0) is 49.2 Å². The predicted molar refractivity (Wildman–Crippen MR) is 155 cm³/mol. The first kappa shape index (κ1) is 31.9. The second-order valence-electron chi connectivity index (χ2n) is 9.44. The molecular formula is C29H49NO3S2. The number of hydrogen-bond donors (Lipinski definition) is 2. The van der Waals surface area contributed by atoms with E-state index in [-0.39, 0.29) is 12.3 Å². The number of anilines is 1. The zero-order chi connectivity index (χ0) is 25.4. The van der Waals surface area contributed by atoms with Gasteiger partial charge in [0.25, 0.3) is 0 Å². The summed E-state index contributed by atoms with van der Waals surface area (Å²) in [5, 5.41) is 11.8. The zero-order valence-electron chi connectivity index (χ0n) is 22.0. The fourth-order valence-electron chi connectivity index (χ4n) is 4.14. The van der Waals surface area contributed by atoms with Crippen molar-refractivity contribution in [2.24, 2.45) is 0 Å². The smallest absolute Gasteiger partial charge is 0.303 e. The number of rotatable bonds is 24. The van der Waals surface area contributed by atoms with Gasteiger partial charge in [0.05, 0.1) is 5.69 Å². The molecule has 0 aliphatic carbocycles. The molecule has 0 aliphatic rings. The standard InChI is InChI=1S/C29H49NO3S2/c1-34-24-18-14-12-10-8-6-4-2-3-5-7-9-11-13-15-22-28(31)30-26-20-16-17-21-27(26)35-25-19-23-29(32)33/h16-17,20-21H,2-15,18-19,22-25H2,1H3,(H,30,31)(H,32,33). The highest BCUT2D eigenvalue weighted by Crippen LogP contribution is 2.28. The highest BCUT2D eigenvalue weighted by Gasteiger charge is 2.07. The van der Waals surface area contributed by atoms with Crippen LogP contribution < -0.4 is 5.32 Å². The molecule has 6 heteroatoms. The van der Waals surface area contributed by atoms with E-state index < -0.39 is 5.97 Å². The van der Waals surface area contributed by atoms with E-state index in [9.17, 15) is 9.59 Å². The summed E-state index contributed by atoms with van der Waals surface area (Å²) in [4.78, 5) is 24.0. The number of thioether (sulfide) groups is 2. The fraction of sp³-hybridized carbons (Fsp3) is 0.724. The third-order valence-electron chi connectivity index (χ3n) is 6.21. The second kappa shape index (κ2) is 23.3. The summed E-state index contributed by atoms with van der Waals surface area (Å²) in [5.74, 6) is 1.37. The number of benzene rings is 1. The molecule has 0 aliphatic heterocycles. The average Bonchev–Trinajstić information content (AvgIpc) is 2.84. The number of carbonyl (C=O) groups is 2. The Morgan fingerprint density at radius 2 is 1.20 bits per heavy atom. The van der Waals surface area contributed by atoms with E-state index in [1.165, 1.54) is 89.2 Å². The molecule has 0 radical (unpaired) electrons. The van der Waals surface area contributed by atoms with Crippen molar-refractivity contribution in [1.29, 1.82) is 0 Å². The van der Waals surface area contributed by atoms with Gasteiger partial charge < -0.3 is 10.4 Å². The van der Waals surface area contributed by atoms with Crippen LogP contribution in [0.15, 0.2) is 29.2 Å². The number of aliphatic carboxylic acids is 1. The van der Waals surface area contributed by atoms with E-state index in [0.29, 0.717) is 12.8 Å². The van der Waals surface area contributed by atoms with E-state index in [4.69, 9.17) is 5.11 Å². The van der Waals surface area contributed by atoms with Gasteiger partial charge in [-0.2, -0.15) is 11.8 Å². The van der Waals surface area contributed by atoms with Crippen molar-refractivity contribution in [3.63, 3.8) is 0 Å². The molecule has 1 amide bonds. The Labute approximate surface area is 223 Å². The molecule has 1 rings (SSSR count). The van der Waals surface area contributed by atoms with Crippen LogP contribution in [0.4, 0.5) is 5.69 Å². The lowest BCUT2D eigenvalue weighted by Gasteiger charge is -2.10. The van der Waals surface area contributed by atoms with E-state index in [0.717, 1.165) is 29.2 Å². The molecule has 1 aromatic rings. The Kier molecular flexibility index (Phi) is 21.2. The lowest BCUT2D eigenvalue weighted by atomic mass is 10.0. The van der Waals surface area contributed by atoms with E-state index in [1.807, 2.05) is 36.0 Å². The average molecular weight is 524 g/mol. The number of unbranched alkanes of at least 4 members (excludes halogenated alkanes) is 14. The number of para-hydroxylation sites is 1. The van der Waals surface area contributed by atoms with Gasteiger partial charge in [0.15, 0.2) is 0 Å². The molecule has 200 valence electrons. The summed E-state index contributed by atoms with van der Waals surface area (Å²) in [6, 6.07) is 7.78. The molecule has 0 bridgehead atoms. The van der Waals surface area contributed by atoms with Crippen molar-refractivity contribution in [1.82, 2.24) is 0 Å². The number of nitrogens with one attached hydrogen (secondary N) is 1. The summed E-state index contributed by atoms with van der Waals surface area (Å²) in [6.45, 7) is 0. The molecule has 0 saturated heterocycles. The Morgan fingerprint density at radius 1 is 0.686 bits per heavy atom. The maximum absolute atomic E-state index is 12.3. The lowest BCUT2D eigenvalue weighted by molar-refractivity contribution is -0.137. The van der Waals surface area contributed by atoms with Gasteiger partial charge in [0, 0.05) is 17.7 Å². The predicted octanol–water partition coefficient (Wildman–Crippen LogP) is 9.19. The van der Waals surface area contributed by atoms with Crippen LogP contribution in [0.3, 0.4) is 0 Å². The van der Waals surface area contributed by atoms with Gasteiger partial charge >= 0.3 is 5.97 Å². The van der Waals surface area contributed by atoms with Gasteiger partial charge in [0.2, 0.25) is 5.91 Å². The van der Waals surface area contributed by atoms with Crippen LogP contribution in [0.1, 0.15) is 116 Å². The van der Waals surface area contributed by atoms with E-state index >= 15 is 0 Å². The highest BCUT2D eigenvalue weighted by atomic mass is 32.2. The van der Waals surface area contributed by atoms with Gasteiger partial charge in [-0.15, -0.1) is 11.8 Å². The van der Waals surface area contributed by atoms with Crippen molar-refractivity contribution in [2.45, 2.75) is 120 Å². The Hall–Kier alpha value is -1.14. The van der Waals surface area contributed by atoms with Gasteiger partial charge in [-0.3, -0.25) is 9.59 Å². The number of carboxylic acids is 1. The molecule has 0 unspecified atom stereocenters. The lowest BCUT2D eigenvalue weighted by Crippen LogP contribution is -2.11. The molecule has 0 heterocycles. The molecule has 0 aromatic heterocycles.